The summed E-state index contributed by atoms with van der Waals surface area (Å²) in [5.41, 5.74) is 10.1. The fraction of sp³-hybridized carbons (Fsp3) is 0.250. The van der Waals surface area contributed by atoms with Crippen LogP contribution >= 0.6 is 11.6 Å². The molecular formula is C28H29ClN4O2. The van der Waals surface area contributed by atoms with Gasteiger partial charge in [-0.2, -0.15) is 0 Å². The van der Waals surface area contributed by atoms with E-state index in [1.54, 1.807) is 11.6 Å². The molecule has 1 atom stereocenters. The fourth-order valence-corrected chi connectivity index (χ4v) is 5.33. The van der Waals surface area contributed by atoms with E-state index in [0.717, 1.165) is 48.6 Å². The van der Waals surface area contributed by atoms with Crippen molar-refractivity contribution in [3.8, 4) is 0 Å². The van der Waals surface area contributed by atoms with Crippen molar-refractivity contribution in [2.45, 2.75) is 38.8 Å². The van der Waals surface area contributed by atoms with E-state index in [1.807, 2.05) is 18.3 Å². The number of hydroxylamine groups is 1. The Bertz CT molecular complexity index is 1390. The first kappa shape index (κ1) is 23.4. The van der Waals surface area contributed by atoms with Crippen LogP contribution in [0.15, 0.2) is 60.9 Å². The van der Waals surface area contributed by atoms with Gasteiger partial charge < -0.3 is 9.97 Å². The predicted octanol–water partition coefficient (Wildman–Crippen LogP) is 5.71. The highest BCUT2D eigenvalue weighted by Crippen LogP contribution is 2.37. The number of aryl methyl sites for hydroxylation is 2. The topological polar surface area (TPSA) is 84.2 Å². The maximum atomic E-state index is 11.3. The second-order valence-electron chi connectivity index (χ2n) is 9.25. The monoisotopic (exact) mass is 488 g/mol. The lowest BCUT2D eigenvalue weighted by molar-refractivity contribution is -0.124. The van der Waals surface area contributed by atoms with Crippen molar-refractivity contribution in [1.29, 1.82) is 0 Å². The molecule has 4 aromatic rings. The molecule has 6 nitrogen and oxygen atoms in total. The summed E-state index contributed by atoms with van der Waals surface area (Å²) in [6.45, 7) is 3.82. The van der Waals surface area contributed by atoms with Crippen LogP contribution in [-0.2, 0) is 24.2 Å². The zero-order valence-electron chi connectivity index (χ0n) is 19.6. The van der Waals surface area contributed by atoms with Crippen molar-refractivity contribution in [2.24, 2.45) is 0 Å². The molecule has 180 valence electrons. The fourth-order valence-electron chi connectivity index (χ4n) is 5.14. The number of hydrogen-bond donors (Lipinski definition) is 4. The van der Waals surface area contributed by atoms with Crippen molar-refractivity contribution < 1.29 is 10.0 Å². The molecule has 2 heterocycles. The summed E-state index contributed by atoms with van der Waals surface area (Å²) in [6.07, 6.45) is 10.00. The van der Waals surface area contributed by atoms with E-state index < -0.39 is 5.91 Å². The van der Waals surface area contributed by atoms with Crippen LogP contribution in [0.3, 0.4) is 0 Å². The van der Waals surface area contributed by atoms with Gasteiger partial charge in [0.25, 0.3) is 5.91 Å². The van der Waals surface area contributed by atoms with Gasteiger partial charge in [0.15, 0.2) is 0 Å². The first-order valence-electron chi connectivity index (χ1n) is 11.9. The zero-order valence-corrected chi connectivity index (χ0v) is 20.4. The van der Waals surface area contributed by atoms with Crippen LogP contribution < -0.4 is 5.48 Å². The van der Waals surface area contributed by atoms with E-state index >= 15 is 0 Å². The van der Waals surface area contributed by atoms with Gasteiger partial charge in [-0.1, -0.05) is 41.9 Å². The van der Waals surface area contributed by atoms with Gasteiger partial charge in [-0.15, -0.1) is 0 Å². The molecular weight excluding hydrogens is 460 g/mol. The Morgan fingerprint density at radius 3 is 2.89 bits per heavy atom. The molecule has 0 radical (unpaired) electrons. The number of aromatic nitrogens is 2. The summed E-state index contributed by atoms with van der Waals surface area (Å²) in [4.78, 5) is 20.6. The lowest BCUT2D eigenvalue weighted by Crippen LogP contribution is -2.29. The molecule has 1 aliphatic carbocycles. The number of carbonyl (C=O) groups is 1. The summed E-state index contributed by atoms with van der Waals surface area (Å²) < 4.78 is 0. The van der Waals surface area contributed by atoms with Crippen molar-refractivity contribution in [3.63, 3.8) is 0 Å². The number of amides is 1. The number of rotatable bonds is 8. The van der Waals surface area contributed by atoms with Crippen molar-refractivity contribution in [1.82, 2.24) is 20.3 Å². The summed E-state index contributed by atoms with van der Waals surface area (Å²) in [5, 5.41) is 10.7. The van der Waals surface area contributed by atoms with Crippen LogP contribution in [0.4, 0.5) is 0 Å². The third kappa shape index (κ3) is 5.20. The maximum absolute atomic E-state index is 11.3. The first-order valence-corrected chi connectivity index (χ1v) is 12.3. The Balaban J connectivity index is 1.38. The summed E-state index contributed by atoms with van der Waals surface area (Å²) >= 11 is 6.20. The highest BCUT2D eigenvalue weighted by Gasteiger charge is 2.28. The van der Waals surface area contributed by atoms with Crippen LogP contribution in [0.25, 0.3) is 17.0 Å². The zero-order chi connectivity index (χ0) is 24.4. The van der Waals surface area contributed by atoms with Crippen molar-refractivity contribution in [3.05, 3.63) is 99.5 Å². The maximum Gasteiger partial charge on any atom is 0.267 e. The largest absolute Gasteiger partial charge is 0.363 e. The highest BCUT2D eigenvalue weighted by atomic mass is 35.5. The first-order chi connectivity index (χ1) is 17.0. The number of hydrogen-bond acceptors (Lipinski definition) is 3. The number of nitrogens with one attached hydrogen (secondary N) is 3. The third-order valence-electron chi connectivity index (χ3n) is 6.86. The van der Waals surface area contributed by atoms with Crippen LogP contribution in [0.2, 0.25) is 5.02 Å². The Labute approximate surface area is 209 Å². The van der Waals surface area contributed by atoms with Gasteiger partial charge in [-0.3, -0.25) is 14.9 Å². The molecule has 0 fully saturated rings. The number of benzene rings is 2. The molecule has 0 bridgehead atoms. The quantitative estimate of drug-likeness (QED) is 0.146. The van der Waals surface area contributed by atoms with E-state index in [4.69, 9.17) is 16.8 Å². The lowest BCUT2D eigenvalue weighted by Gasteiger charge is -2.29. The molecule has 1 unspecified atom stereocenters. The second kappa shape index (κ2) is 10.1. The minimum absolute atomic E-state index is 0.304. The Morgan fingerprint density at radius 2 is 2.09 bits per heavy atom. The molecule has 0 saturated carbocycles. The van der Waals surface area contributed by atoms with Crippen molar-refractivity contribution in [2.75, 3.05) is 6.54 Å². The molecule has 35 heavy (non-hydrogen) atoms. The average molecular weight is 489 g/mol. The van der Waals surface area contributed by atoms with Crippen LogP contribution in [0.5, 0.6) is 0 Å². The van der Waals surface area contributed by atoms with Gasteiger partial charge >= 0.3 is 0 Å². The van der Waals surface area contributed by atoms with E-state index in [1.165, 1.54) is 39.2 Å². The Hall–Kier alpha value is -3.32. The molecule has 1 aliphatic rings. The number of aromatic amines is 2. The molecule has 2 aromatic carbocycles. The Kier molecular flexibility index (Phi) is 6.77. The molecule has 0 saturated heterocycles. The minimum atomic E-state index is -0.536. The number of H-pyrrole nitrogens is 2. The van der Waals surface area contributed by atoms with Crippen LogP contribution in [0.1, 0.15) is 46.0 Å². The molecule has 4 N–H and O–H groups in total. The van der Waals surface area contributed by atoms with Gasteiger partial charge in [0.05, 0.1) is 5.02 Å². The van der Waals surface area contributed by atoms with Gasteiger partial charge in [0.2, 0.25) is 0 Å². The number of fused-ring (bicyclic) bond motifs is 2. The van der Waals surface area contributed by atoms with Gasteiger partial charge in [0.1, 0.15) is 0 Å². The minimum Gasteiger partial charge on any atom is -0.363 e. The molecule has 5 rings (SSSR count). The standard InChI is InChI=1S/C28H29ClN4O2/c1-18-2-6-24-21(15-31-26(24)12-18)10-11-33(17-23-14-22(29)16-30-23)27-8-5-20-13-19(3-7-25(20)27)4-9-28(34)32-35/h2-4,6-7,9,12-16,27,30-31,35H,5,8,10-11,17H2,1H3,(H,32,34)/b9-4+. The number of carbonyl (C=O) groups excluding carboxylic acids is 1. The normalized spacial score (nSPS) is 15.4. The smallest absolute Gasteiger partial charge is 0.267 e. The van der Waals surface area contributed by atoms with E-state index in [-0.39, 0.29) is 0 Å². The van der Waals surface area contributed by atoms with Gasteiger partial charge in [0, 0.05) is 54.2 Å². The molecule has 0 spiro atoms. The second-order valence-corrected chi connectivity index (χ2v) is 9.69. The summed E-state index contributed by atoms with van der Waals surface area (Å²) in [6, 6.07) is 15.2. The summed E-state index contributed by atoms with van der Waals surface area (Å²) in [7, 11) is 0. The van der Waals surface area contributed by atoms with Crippen LogP contribution in [-0.4, -0.2) is 32.5 Å². The molecule has 2 aromatic heterocycles. The van der Waals surface area contributed by atoms with E-state index in [9.17, 15) is 4.79 Å². The third-order valence-corrected chi connectivity index (χ3v) is 7.08. The molecule has 0 aliphatic heterocycles. The number of nitrogens with zero attached hydrogens (tertiary/aromatic N) is 1. The predicted molar refractivity (Wildman–Crippen MR) is 139 cm³/mol. The number of halogens is 1. The lowest BCUT2D eigenvalue weighted by atomic mass is 10.0. The van der Waals surface area contributed by atoms with Gasteiger partial charge in [-0.05, 0) is 72.2 Å². The highest BCUT2D eigenvalue weighted by molar-refractivity contribution is 6.30. The van der Waals surface area contributed by atoms with Gasteiger partial charge in [-0.25, -0.2) is 5.48 Å². The Morgan fingerprint density at radius 1 is 1.20 bits per heavy atom. The SMILES string of the molecule is Cc1ccc2c(CCN(Cc3cc(Cl)c[nH]3)C3CCc4cc(/C=C/C(=O)NO)ccc43)c[nH]c2c1. The summed E-state index contributed by atoms with van der Waals surface area (Å²) in [5.74, 6) is -0.536. The average Bonchev–Trinajstić information content (AvgIpc) is 3.58. The molecule has 7 heteroatoms. The van der Waals surface area contributed by atoms with E-state index in [2.05, 4.69) is 58.3 Å². The van der Waals surface area contributed by atoms with E-state index in [0.29, 0.717) is 6.04 Å². The molecule has 1 amide bonds. The van der Waals surface area contributed by atoms with Crippen molar-refractivity contribution >= 4 is 34.5 Å². The van der Waals surface area contributed by atoms with Crippen LogP contribution in [0, 0.1) is 6.92 Å².